The number of halogens is 3. The number of para-hydroxylation sites is 1. The molecule has 2 rings (SSSR count). The Bertz CT molecular complexity index is 996. The Balaban J connectivity index is 2.07. The molecular weight excluding hydrogens is 424 g/mol. The Morgan fingerprint density at radius 2 is 1.56 bits per heavy atom. The third kappa shape index (κ3) is 4.95. The van der Waals surface area contributed by atoms with E-state index in [1.165, 1.54) is 7.05 Å². The first kappa shape index (κ1) is 21.5. The van der Waals surface area contributed by atoms with Gasteiger partial charge in [-0.3, -0.25) is 0 Å². The Hall–Kier alpha value is -1.75. The summed E-state index contributed by atoms with van der Waals surface area (Å²) in [6, 6.07) is 10.3. The summed E-state index contributed by atoms with van der Waals surface area (Å²) in [7, 11) is -7.42. The summed E-state index contributed by atoms with van der Waals surface area (Å²) in [5, 5.41) is 0.388. The molecule has 148 valence electrons. The van der Waals surface area contributed by atoms with Crippen molar-refractivity contribution in [1.29, 1.82) is 0 Å². The molecule has 0 bridgehead atoms. The lowest BCUT2D eigenvalue weighted by Gasteiger charge is -2.18. The van der Waals surface area contributed by atoms with Crippen LogP contribution in [0, 0.1) is 0 Å². The molecule has 6 nitrogen and oxygen atoms in total. The van der Waals surface area contributed by atoms with Gasteiger partial charge in [0.15, 0.2) is 0 Å². The Morgan fingerprint density at radius 1 is 1.00 bits per heavy atom. The number of alkyl halides is 2. The summed E-state index contributed by atoms with van der Waals surface area (Å²) in [5.74, 6) is -3.17. The van der Waals surface area contributed by atoms with Crippen LogP contribution in [-0.2, 0) is 19.9 Å². The molecule has 11 heteroatoms. The summed E-state index contributed by atoms with van der Waals surface area (Å²) in [4.78, 5) is -0.878. The van der Waals surface area contributed by atoms with Crippen LogP contribution in [0.3, 0.4) is 0 Å². The highest BCUT2D eigenvalue weighted by Gasteiger charge is 2.27. The van der Waals surface area contributed by atoms with Gasteiger partial charge in [-0.15, -0.1) is 0 Å². The number of ether oxygens (including phenoxy) is 1. The summed E-state index contributed by atoms with van der Waals surface area (Å²) < 4.78 is 79.2. The van der Waals surface area contributed by atoms with E-state index in [0.29, 0.717) is 10.8 Å². The van der Waals surface area contributed by atoms with E-state index in [-0.39, 0.29) is 18.0 Å². The van der Waals surface area contributed by atoms with Crippen LogP contribution < -0.4 is 4.74 Å². The minimum absolute atomic E-state index is 0.00929. The first-order valence-electron chi connectivity index (χ1n) is 7.52. The van der Waals surface area contributed by atoms with E-state index < -0.39 is 30.5 Å². The van der Waals surface area contributed by atoms with Gasteiger partial charge in [-0.05, 0) is 36.4 Å². The molecule has 27 heavy (non-hydrogen) atoms. The molecule has 0 fully saturated rings. The maximum atomic E-state index is 12.5. The Kier molecular flexibility index (Phi) is 6.79. The number of hydrogen-bond acceptors (Lipinski definition) is 5. The van der Waals surface area contributed by atoms with Crippen molar-refractivity contribution in [3.8, 4) is 5.75 Å². The van der Waals surface area contributed by atoms with E-state index in [4.69, 9.17) is 16.3 Å². The predicted octanol–water partition coefficient (Wildman–Crippen LogP) is 3.04. The van der Waals surface area contributed by atoms with E-state index in [9.17, 15) is 25.6 Å². The minimum atomic E-state index is -4.78. The van der Waals surface area contributed by atoms with Gasteiger partial charge in [0.1, 0.15) is 12.4 Å². The standard InChI is InChI=1S/C16H16ClF2NO5S2/c1-20(10-11-25-15-5-3-2-4-14(15)17)27(23,24)13-8-6-12(7-9-13)26(21,22)16(18)19/h2-9,16H,10-11H2,1H3. The Labute approximate surface area is 161 Å². The molecule has 0 aliphatic heterocycles. The van der Waals surface area contributed by atoms with Crippen LogP contribution in [0.15, 0.2) is 58.3 Å². The summed E-state index contributed by atoms with van der Waals surface area (Å²) in [5.41, 5.74) is 0. The van der Waals surface area contributed by atoms with Crippen LogP contribution in [0.25, 0.3) is 0 Å². The maximum Gasteiger partial charge on any atom is 0.341 e. The molecule has 0 heterocycles. The van der Waals surface area contributed by atoms with Crippen molar-refractivity contribution in [3.63, 3.8) is 0 Å². The zero-order chi connectivity index (χ0) is 20.2. The number of sulfonamides is 1. The van der Waals surface area contributed by atoms with Crippen LogP contribution in [0.4, 0.5) is 8.78 Å². The van der Waals surface area contributed by atoms with Gasteiger partial charge in [0, 0.05) is 13.6 Å². The monoisotopic (exact) mass is 439 g/mol. The highest BCUT2D eigenvalue weighted by Crippen LogP contribution is 2.24. The second kappa shape index (κ2) is 8.51. The van der Waals surface area contributed by atoms with Crippen molar-refractivity contribution < 1.29 is 30.4 Å². The molecule has 0 radical (unpaired) electrons. The lowest BCUT2D eigenvalue weighted by atomic mass is 10.3. The van der Waals surface area contributed by atoms with Crippen LogP contribution in [0.2, 0.25) is 5.02 Å². The number of sulfone groups is 1. The van der Waals surface area contributed by atoms with Crippen LogP contribution in [0.5, 0.6) is 5.75 Å². The average Bonchev–Trinajstić information content (AvgIpc) is 2.63. The van der Waals surface area contributed by atoms with Gasteiger partial charge in [-0.1, -0.05) is 23.7 Å². The highest BCUT2D eigenvalue weighted by atomic mass is 35.5. The molecule has 0 aromatic heterocycles. The van der Waals surface area contributed by atoms with Crippen LogP contribution in [0.1, 0.15) is 0 Å². The van der Waals surface area contributed by atoms with Crippen LogP contribution in [-0.4, -0.2) is 47.1 Å². The summed E-state index contributed by atoms with van der Waals surface area (Å²) >= 11 is 5.94. The number of nitrogens with zero attached hydrogens (tertiary/aromatic N) is 1. The fraction of sp³-hybridized carbons (Fsp3) is 0.250. The maximum absolute atomic E-state index is 12.5. The summed E-state index contributed by atoms with van der Waals surface area (Å²) in [6.45, 7) is 0.0158. The van der Waals surface area contributed by atoms with E-state index >= 15 is 0 Å². The van der Waals surface area contributed by atoms with Crippen molar-refractivity contribution in [3.05, 3.63) is 53.6 Å². The second-order valence-corrected chi connectivity index (χ2v) is 9.75. The average molecular weight is 440 g/mol. The first-order chi connectivity index (χ1) is 12.6. The van der Waals surface area contributed by atoms with E-state index in [1.54, 1.807) is 24.3 Å². The van der Waals surface area contributed by atoms with Crippen molar-refractivity contribution in [2.24, 2.45) is 0 Å². The van der Waals surface area contributed by atoms with Gasteiger partial charge in [0.25, 0.3) is 0 Å². The highest BCUT2D eigenvalue weighted by molar-refractivity contribution is 7.91. The normalized spacial score (nSPS) is 12.5. The van der Waals surface area contributed by atoms with Gasteiger partial charge < -0.3 is 4.74 Å². The molecule has 0 aliphatic rings. The number of rotatable bonds is 8. The smallest absolute Gasteiger partial charge is 0.341 e. The predicted molar refractivity (Wildman–Crippen MR) is 96.4 cm³/mol. The van der Waals surface area contributed by atoms with Gasteiger partial charge in [0.2, 0.25) is 19.9 Å². The molecule has 0 N–H and O–H groups in total. The van der Waals surface area contributed by atoms with Crippen molar-refractivity contribution >= 4 is 31.5 Å². The molecule has 0 saturated heterocycles. The molecule has 0 amide bonds. The summed E-state index contributed by atoms with van der Waals surface area (Å²) in [6.07, 6.45) is 0. The molecular formula is C16H16ClF2NO5S2. The number of hydrogen-bond donors (Lipinski definition) is 0. The van der Waals surface area contributed by atoms with Gasteiger partial charge in [0.05, 0.1) is 14.8 Å². The fourth-order valence-electron chi connectivity index (χ4n) is 2.05. The van der Waals surface area contributed by atoms with Gasteiger partial charge in [-0.25, -0.2) is 16.8 Å². The van der Waals surface area contributed by atoms with E-state index in [2.05, 4.69) is 0 Å². The third-order valence-electron chi connectivity index (χ3n) is 3.60. The fourth-order valence-corrected chi connectivity index (χ4v) is 4.12. The lowest BCUT2D eigenvalue weighted by Crippen LogP contribution is -2.31. The second-order valence-electron chi connectivity index (χ2n) is 5.38. The van der Waals surface area contributed by atoms with Crippen molar-refractivity contribution in [1.82, 2.24) is 4.31 Å². The van der Waals surface area contributed by atoms with Gasteiger partial charge in [-0.2, -0.15) is 13.1 Å². The number of benzene rings is 2. The zero-order valence-corrected chi connectivity index (χ0v) is 16.4. The zero-order valence-electron chi connectivity index (χ0n) is 14.0. The van der Waals surface area contributed by atoms with E-state index in [0.717, 1.165) is 28.6 Å². The van der Waals surface area contributed by atoms with Crippen molar-refractivity contribution in [2.75, 3.05) is 20.2 Å². The quantitative estimate of drug-likeness (QED) is 0.631. The molecule has 2 aromatic carbocycles. The SMILES string of the molecule is CN(CCOc1ccccc1Cl)S(=O)(=O)c1ccc(S(=O)(=O)C(F)F)cc1. The minimum Gasteiger partial charge on any atom is -0.491 e. The Morgan fingerprint density at radius 3 is 2.11 bits per heavy atom. The molecule has 0 unspecified atom stereocenters. The third-order valence-corrected chi connectivity index (χ3v) is 7.18. The van der Waals surface area contributed by atoms with Crippen LogP contribution >= 0.6 is 11.6 Å². The first-order valence-corrected chi connectivity index (χ1v) is 10.9. The largest absolute Gasteiger partial charge is 0.491 e. The lowest BCUT2D eigenvalue weighted by molar-refractivity contribution is 0.234. The number of likely N-dealkylation sites (N-methyl/N-ethyl adjacent to an activating group) is 1. The van der Waals surface area contributed by atoms with E-state index in [1.807, 2.05) is 0 Å². The molecule has 2 aromatic rings. The molecule has 0 atom stereocenters. The molecule has 0 spiro atoms. The van der Waals surface area contributed by atoms with Gasteiger partial charge >= 0.3 is 5.76 Å². The molecule has 0 aliphatic carbocycles. The topological polar surface area (TPSA) is 80.8 Å². The molecule has 0 saturated carbocycles. The van der Waals surface area contributed by atoms with Crippen molar-refractivity contribution in [2.45, 2.75) is 15.5 Å².